The second-order valence-corrected chi connectivity index (χ2v) is 3.95. The fourth-order valence-corrected chi connectivity index (χ4v) is 1.72. The van der Waals surface area contributed by atoms with Gasteiger partial charge >= 0.3 is 5.97 Å². The summed E-state index contributed by atoms with van der Waals surface area (Å²) < 4.78 is 4.52. The Morgan fingerprint density at radius 1 is 1.27 bits per heavy atom. The zero-order chi connectivity index (χ0) is 11.4. The van der Waals surface area contributed by atoms with Crippen LogP contribution in [0.15, 0.2) is 0 Å². The van der Waals surface area contributed by atoms with E-state index < -0.39 is 11.8 Å². The fraction of sp³-hybridized carbons (Fsp3) is 0.727. The summed E-state index contributed by atoms with van der Waals surface area (Å²) in [6.07, 6.45) is 1.58. The van der Waals surface area contributed by atoms with Gasteiger partial charge in [-0.3, -0.25) is 9.59 Å². The second-order valence-electron chi connectivity index (χ2n) is 3.95. The van der Waals surface area contributed by atoms with Gasteiger partial charge in [-0.15, -0.1) is 0 Å². The minimum atomic E-state index is -0.891. The maximum Gasteiger partial charge on any atom is 0.375 e. The van der Waals surface area contributed by atoms with Crippen molar-refractivity contribution in [1.82, 2.24) is 0 Å². The molecule has 1 aliphatic rings. The van der Waals surface area contributed by atoms with Crippen molar-refractivity contribution >= 4 is 17.5 Å². The van der Waals surface area contributed by atoms with Crippen molar-refractivity contribution in [2.45, 2.75) is 33.1 Å². The SMILES string of the molecule is CCOC(=O)C(=O)CC(=O)[C@H]1CC[C@H]1C. The molecule has 0 heterocycles. The summed E-state index contributed by atoms with van der Waals surface area (Å²) in [7, 11) is 0. The molecule has 1 saturated carbocycles. The molecule has 4 nitrogen and oxygen atoms in total. The Hall–Kier alpha value is -1.19. The van der Waals surface area contributed by atoms with Crippen LogP contribution in [0, 0.1) is 11.8 Å². The molecule has 1 aliphatic carbocycles. The molecule has 4 heteroatoms. The van der Waals surface area contributed by atoms with Crippen LogP contribution >= 0.6 is 0 Å². The number of hydrogen-bond donors (Lipinski definition) is 0. The first-order valence-corrected chi connectivity index (χ1v) is 5.29. The Kier molecular flexibility index (Phi) is 4.00. The maximum absolute atomic E-state index is 11.5. The van der Waals surface area contributed by atoms with Crippen molar-refractivity contribution in [2.24, 2.45) is 11.8 Å². The third-order valence-corrected chi connectivity index (χ3v) is 2.87. The summed E-state index contributed by atoms with van der Waals surface area (Å²) in [5.74, 6) is -1.40. The van der Waals surface area contributed by atoms with Crippen LogP contribution in [0.25, 0.3) is 0 Å². The molecule has 1 rings (SSSR count). The van der Waals surface area contributed by atoms with Crippen molar-refractivity contribution < 1.29 is 19.1 Å². The molecule has 0 spiro atoms. The first kappa shape index (κ1) is 11.9. The molecule has 0 bridgehead atoms. The van der Waals surface area contributed by atoms with Gasteiger partial charge in [0.15, 0.2) is 0 Å². The zero-order valence-electron chi connectivity index (χ0n) is 9.12. The predicted octanol–water partition coefficient (Wildman–Crippen LogP) is 1.12. The summed E-state index contributed by atoms with van der Waals surface area (Å²) >= 11 is 0. The average molecular weight is 212 g/mol. The van der Waals surface area contributed by atoms with E-state index in [1.807, 2.05) is 6.92 Å². The van der Waals surface area contributed by atoms with Gasteiger partial charge < -0.3 is 4.74 Å². The van der Waals surface area contributed by atoms with Crippen LogP contribution in [-0.2, 0) is 19.1 Å². The van der Waals surface area contributed by atoms with Crippen molar-refractivity contribution in [3.05, 3.63) is 0 Å². The number of rotatable bonds is 5. The minimum absolute atomic E-state index is 0.0247. The predicted molar refractivity (Wildman–Crippen MR) is 53.2 cm³/mol. The molecule has 0 amide bonds. The molecule has 0 aromatic heterocycles. The molecule has 0 unspecified atom stereocenters. The standard InChI is InChI=1S/C11H16O4/c1-3-15-11(14)10(13)6-9(12)8-5-4-7(8)2/h7-8H,3-6H2,1-2H3/t7-,8+/m1/s1. The lowest BCUT2D eigenvalue weighted by molar-refractivity contribution is -0.155. The highest BCUT2D eigenvalue weighted by Gasteiger charge is 2.34. The Morgan fingerprint density at radius 2 is 1.93 bits per heavy atom. The van der Waals surface area contributed by atoms with Crippen LogP contribution in [-0.4, -0.2) is 24.1 Å². The molecule has 2 atom stereocenters. The molecule has 0 aromatic rings. The number of carbonyl (C=O) groups is 3. The van der Waals surface area contributed by atoms with Gasteiger partial charge in [0.1, 0.15) is 5.78 Å². The van der Waals surface area contributed by atoms with Gasteiger partial charge in [-0.2, -0.15) is 0 Å². The molecule has 0 radical (unpaired) electrons. The highest BCUT2D eigenvalue weighted by molar-refractivity contribution is 6.37. The monoisotopic (exact) mass is 212 g/mol. The Bertz CT molecular complexity index is 282. The summed E-state index contributed by atoms with van der Waals surface area (Å²) in [6.45, 7) is 3.78. The number of ether oxygens (including phenoxy) is 1. The average Bonchev–Trinajstić information content (AvgIpc) is 2.15. The maximum atomic E-state index is 11.5. The van der Waals surface area contributed by atoms with Crippen LogP contribution in [0.4, 0.5) is 0 Å². The van der Waals surface area contributed by atoms with Crippen molar-refractivity contribution in [1.29, 1.82) is 0 Å². The molecule has 0 saturated heterocycles. The van der Waals surface area contributed by atoms with E-state index in [9.17, 15) is 14.4 Å². The summed E-state index contributed by atoms with van der Waals surface area (Å²) in [6, 6.07) is 0. The van der Waals surface area contributed by atoms with E-state index in [2.05, 4.69) is 4.74 Å². The fourth-order valence-electron chi connectivity index (χ4n) is 1.72. The quantitative estimate of drug-likeness (QED) is 0.389. The van der Waals surface area contributed by atoms with Crippen molar-refractivity contribution in [3.8, 4) is 0 Å². The number of carbonyl (C=O) groups excluding carboxylic acids is 3. The van der Waals surface area contributed by atoms with Crippen LogP contribution in [0.5, 0.6) is 0 Å². The molecule has 0 N–H and O–H groups in total. The van der Waals surface area contributed by atoms with Crippen LogP contribution in [0.3, 0.4) is 0 Å². The normalized spacial score (nSPS) is 24.1. The Balaban J connectivity index is 2.37. The minimum Gasteiger partial charge on any atom is -0.460 e. The number of Topliss-reactive ketones (excluding diaryl/α,β-unsaturated/α-hetero) is 2. The molecular weight excluding hydrogens is 196 g/mol. The lowest BCUT2D eigenvalue weighted by Gasteiger charge is -2.32. The van der Waals surface area contributed by atoms with Gasteiger partial charge in [0.05, 0.1) is 13.0 Å². The third-order valence-electron chi connectivity index (χ3n) is 2.87. The van der Waals surface area contributed by atoms with E-state index in [-0.39, 0.29) is 24.7 Å². The molecule has 1 fully saturated rings. The molecule has 84 valence electrons. The first-order chi connectivity index (χ1) is 7.06. The van der Waals surface area contributed by atoms with Gasteiger partial charge in [0.2, 0.25) is 5.78 Å². The lowest BCUT2D eigenvalue weighted by atomic mass is 9.72. The van der Waals surface area contributed by atoms with Gasteiger partial charge in [0.25, 0.3) is 0 Å². The van der Waals surface area contributed by atoms with Crippen LogP contribution < -0.4 is 0 Å². The summed E-state index contributed by atoms with van der Waals surface area (Å²) in [5.41, 5.74) is 0. The van der Waals surface area contributed by atoms with Crippen molar-refractivity contribution in [3.63, 3.8) is 0 Å². The molecule has 0 aromatic carbocycles. The van der Waals surface area contributed by atoms with Gasteiger partial charge in [-0.05, 0) is 25.7 Å². The topological polar surface area (TPSA) is 60.4 Å². The lowest BCUT2D eigenvalue weighted by Crippen LogP contribution is -2.33. The van der Waals surface area contributed by atoms with E-state index in [1.165, 1.54) is 0 Å². The number of hydrogen-bond acceptors (Lipinski definition) is 4. The van der Waals surface area contributed by atoms with E-state index in [0.717, 1.165) is 12.8 Å². The van der Waals surface area contributed by atoms with Crippen molar-refractivity contribution in [2.75, 3.05) is 6.61 Å². The largest absolute Gasteiger partial charge is 0.460 e. The highest BCUT2D eigenvalue weighted by Crippen LogP contribution is 2.34. The van der Waals surface area contributed by atoms with Gasteiger partial charge in [0, 0.05) is 5.92 Å². The third kappa shape index (κ3) is 2.88. The number of esters is 1. The van der Waals surface area contributed by atoms with Gasteiger partial charge in [-0.1, -0.05) is 6.92 Å². The first-order valence-electron chi connectivity index (χ1n) is 5.29. The molecule has 0 aliphatic heterocycles. The zero-order valence-corrected chi connectivity index (χ0v) is 9.12. The second kappa shape index (κ2) is 5.05. The van der Waals surface area contributed by atoms with Crippen LogP contribution in [0.2, 0.25) is 0 Å². The number of ketones is 2. The van der Waals surface area contributed by atoms with E-state index in [4.69, 9.17) is 0 Å². The van der Waals surface area contributed by atoms with Crippen LogP contribution in [0.1, 0.15) is 33.1 Å². The van der Waals surface area contributed by atoms with Gasteiger partial charge in [-0.25, -0.2) is 4.79 Å². The van der Waals surface area contributed by atoms with E-state index >= 15 is 0 Å². The molecule has 15 heavy (non-hydrogen) atoms. The molecular formula is C11H16O4. The van der Waals surface area contributed by atoms with E-state index in [0.29, 0.717) is 5.92 Å². The Morgan fingerprint density at radius 3 is 2.33 bits per heavy atom. The Labute approximate surface area is 89.0 Å². The summed E-state index contributed by atoms with van der Waals surface area (Å²) in [4.78, 5) is 33.7. The van der Waals surface area contributed by atoms with E-state index in [1.54, 1.807) is 6.92 Å². The summed E-state index contributed by atoms with van der Waals surface area (Å²) in [5, 5.41) is 0. The smallest absolute Gasteiger partial charge is 0.375 e. The highest BCUT2D eigenvalue weighted by atomic mass is 16.5.